The van der Waals surface area contributed by atoms with E-state index in [0.717, 1.165) is 11.8 Å². The summed E-state index contributed by atoms with van der Waals surface area (Å²) in [6.45, 7) is 4.44. The average Bonchev–Trinajstić information content (AvgIpc) is 2.49. The number of nitriles is 2. The van der Waals surface area contributed by atoms with Gasteiger partial charge in [-0.1, -0.05) is 25.6 Å². The van der Waals surface area contributed by atoms with E-state index in [-0.39, 0.29) is 11.7 Å². The average molecular weight is 336 g/mol. The molecule has 23 heavy (non-hydrogen) atoms. The molecule has 0 bridgehead atoms. The zero-order valence-corrected chi connectivity index (χ0v) is 14.2. The number of rotatable bonds is 7. The smallest absolute Gasteiger partial charge is 0.243 e. The van der Waals surface area contributed by atoms with Gasteiger partial charge in [0, 0.05) is 25.7 Å². The molecule has 1 atom stereocenters. The number of allylic oxidation sites excluding steroid dienone is 1. The van der Waals surface area contributed by atoms with Crippen LogP contribution in [-0.2, 0) is 14.3 Å². The molecule has 8 heteroatoms. The first kappa shape index (κ1) is 19.0. The summed E-state index contributed by atoms with van der Waals surface area (Å²) in [5, 5.41) is 24.1. The molecule has 0 aliphatic carbocycles. The largest absolute Gasteiger partial charge is 0.385 e. The van der Waals surface area contributed by atoms with E-state index in [4.69, 9.17) is 10.00 Å². The lowest BCUT2D eigenvalue weighted by Crippen LogP contribution is -2.44. The summed E-state index contributed by atoms with van der Waals surface area (Å²) in [7, 11) is 1.59. The minimum absolute atomic E-state index is 0.0844. The van der Waals surface area contributed by atoms with Crippen molar-refractivity contribution in [3.8, 4) is 12.1 Å². The van der Waals surface area contributed by atoms with Crippen LogP contribution in [0.25, 0.3) is 0 Å². The standard InChI is InChI=1S/C15H20N4O3S/c1-15(2)10(7-16)13(21)19-14(11(15)8-17)23-9-12(20)18-5-4-6-22-3/h10H,4-6,9H2,1-3H3,(H,18,20)(H,19,21)/t10-/m1/s1. The van der Waals surface area contributed by atoms with E-state index in [0.29, 0.717) is 30.2 Å². The summed E-state index contributed by atoms with van der Waals surface area (Å²) in [4.78, 5) is 23.8. The van der Waals surface area contributed by atoms with Crippen molar-refractivity contribution in [1.82, 2.24) is 10.6 Å². The monoisotopic (exact) mass is 336 g/mol. The number of amides is 2. The third-order valence-corrected chi connectivity index (χ3v) is 4.53. The minimum atomic E-state index is -0.927. The van der Waals surface area contributed by atoms with Crippen LogP contribution in [-0.4, -0.2) is 37.8 Å². The lowest BCUT2D eigenvalue weighted by Gasteiger charge is -2.34. The number of hydrogen-bond donors (Lipinski definition) is 2. The number of ether oxygens (including phenoxy) is 1. The van der Waals surface area contributed by atoms with Crippen LogP contribution in [0.2, 0.25) is 0 Å². The maximum atomic E-state index is 12.0. The van der Waals surface area contributed by atoms with Gasteiger partial charge in [-0.25, -0.2) is 0 Å². The molecule has 0 aromatic heterocycles. The highest BCUT2D eigenvalue weighted by atomic mass is 32.2. The Morgan fingerprint density at radius 1 is 1.48 bits per heavy atom. The molecule has 0 saturated heterocycles. The Morgan fingerprint density at radius 3 is 2.74 bits per heavy atom. The predicted molar refractivity (Wildman–Crippen MR) is 85.6 cm³/mol. The zero-order valence-electron chi connectivity index (χ0n) is 13.4. The van der Waals surface area contributed by atoms with Gasteiger partial charge >= 0.3 is 0 Å². The van der Waals surface area contributed by atoms with Crippen molar-refractivity contribution in [2.24, 2.45) is 11.3 Å². The highest BCUT2D eigenvalue weighted by molar-refractivity contribution is 8.03. The molecule has 1 heterocycles. The van der Waals surface area contributed by atoms with E-state index in [2.05, 4.69) is 16.7 Å². The van der Waals surface area contributed by atoms with Crippen molar-refractivity contribution in [2.75, 3.05) is 26.0 Å². The molecule has 124 valence electrons. The van der Waals surface area contributed by atoms with Crippen LogP contribution >= 0.6 is 11.8 Å². The van der Waals surface area contributed by atoms with Crippen LogP contribution in [0, 0.1) is 34.0 Å². The van der Waals surface area contributed by atoms with Gasteiger partial charge in [0.2, 0.25) is 11.8 Å². The Morgan fingerprint density at radius 2 is 2.17 bits per heavy atom. The Balaban J connectivity index is 2.73. The molecule has 0 unspecified atom stereocenters. The summed E-state index contributed by atoms with van der Waals surface area (Å²) in [5.74, 6) is -1.48. The van der Waals surface area contributed by atoms with Gasteiger partial charge in [-0.3, -0.25) is 9.59 Å². The van der Waals surface area contributed by atoms with Gasteiger partial charge in [0.15, 0.2) is 0 Å². The lowest BCUT2D eigenvalue weighted by atomic mass is 9.72. The van der Waals surface area contributed by atoms with E-state index in [9.17, 15) is 14.9 Å². The molecule has 1 aliphatic rings. The van der Waals surface area contributed by atoms with E-state index in [1.165, 1.54) is 0 Å². The summed E-state index contributed by atoms with van der Waals surface area (Å²) in [6.07, 6.45) is 0.715. The quantitative estimate of drug-likeness (QED) is 0.668. The van der Waals surface area contributed by atoms with Crippen LogP contribution in [0.5, 0.6) is 0 Å². The Hall–Kier alpha value is -2.03. The molecule has 7 nitrogen and oxygen atoms in total. The van der Waals surface area contributed by atoms with Crippen LogP contribution in [0.3, 0.4) is 0 Å². The Labute approximate surface area is 140 Å². The fourth-order valence-electron chi connectivity index (χ4n) is 2.17. The number of thioether (sulfide) groups is 1. The normalized spacial score (nSPS) is 19.5. The predicted octanol–water partition coefficient (Wildman–Crippen LogP) is 0.903. The van der Waals surface area contributed by atoms with Crippen LogP contribution in [0.15, 0.2) is 10.6 Å². The highest BCUT2D eigenvalue weighted by Gasteiger charge is 2.44. The van der Waals surface area contributed by atoms with E-state index < -0.39 is 17.2 Å². The molecule has 0 radical (unpaired) electrons. The Kier molecular flexibility index (Phi) is 7.08. The molecule has 2 amide bonds. The second kappa shape index (κ2) is 8.56. The van der Waals surface area contributed by atoms with E-state index >= 15 is 0 Å². The summed E-state index contributed by atoms with van der Waals surface area (Å²) >= 11 is 1.09. The maximum absolute atomic E-state index is 12.0. The number of hydrogen-bond acceptors (Lipinski definition) is 6. The van der Waals surface area contributed by atoms with E-state index in [1.807, 2.05) is 6.07 Å². The molecule has 0 saturated carbocycles. The topological polar surface area (TPSA) is 115 Å². The van der Waals surface area contributed by atoms with Crippen molar-refractivity contribution in [1.29, 1.82) is 10.5 Å². The first-order valence-corrected chi connectivity index (χ1v) is 8.10. The zero-order chi connectivity index (χ0) is 17.5. The van der Waals surface area contributed by atoms with Crippen molar-refractivity contribution in [3.63, 3.8) is 0 Å². The SMILES string of the molecule is COCCCNC(=O)CSC1=C(C#N)C(C)(C)[C@H](C#N)C(=O)N1. The molecule has 0 aromatic carbocycles. The summed E-state index contributed by atoms with van der Waals surface area (Å²) < 4.78 is 4.89. The molecular formula is C15H20N4O3S. The fraction of sp³-hybridized carbons (Fsp3) is 0.600. The van der Waals surface area contributed by atoms with Crippen LogP contribution in [0.1, 0.15) is 20.3 Å². The number of carbonyl (C=O) groups excluding carboxylic acids is 2. The summed E-state index contributed by atoms with van der Waals surface area (Å²) in [6, 6.07) is 3.99. The van der Waals surface area contributed by atoms with Crippen molar-refractivity contribution < 1.29 is 14.3 Å². The van der Waals surface area contributed by atoms with Gasteiger partial charge in [-0.05, 0) is 6.42 Å². The fourth-order valence-corrected chi connectivity index (χ4v) is 3.17. The third kappa shape index (κ3) is 4.72. The molecule has 1 aliphatic heterocycles. The van der Waals surface area contributed by atoms with Gasteiger partial charge in [-0.2, -0.15) is 10.5 Å². The van der Waals surface area contributed by atoms with Crippen molar-refractivity contribution >= 4 is 23.6 Å². The minimum Gasteiger partial charge on any atom is -0.385 e. The van der Waals surface area contributed by atoms with Crippen molar-refractivity contribution in [2.45, 2.75) is 20.3 Å². The number of methoxy groups -OCH3 is 1. The Bertz CT molecular complexity index is 587. The van der Waals surface area contributed by atoms with Crippen molar-refractivity contribution in [3.05, 3.63) is 10.6 Å². The molecule has 2 N–H and O–H groups in total. The number of carbonyl (C=O) groups is 2. The van der Waals surface area contributed by atoms with Gasteiger partial charge < -0.3 is 15.4 Å². The molecule has 0 spiro atoms. The molecular weight excluding hydrogens is 316 g/mol. The molecule has 1 rings (SSSR count). The summed E-state index contributed by atoms with van der Waals surface area (Å²) in [5.41, 5.74) is -0.566. The second-order valence-electron chi connectivity index (χ2n) is 5.57. The highest BCUT2D eigenvalue weighted by Crippen LogP contribution is 2.41. The molecule has 0 fully saturated rings. The van der Waals surface area contributed by atoms with Gasteiger partial charge in [0.1, 0.15) is 5.92 Å². The van der Waals surface area contributed by atoms with Gasteiger partial charge in [0.25, 0.3) is 0 Å². The maximum Gasteiger partial charge on any atom is 0.243 e. The third-order valence-electron chi connectivity index (χ3n) is 3.53. The van der Waals surface area contributed by atoms with E-state index in [1.54, 1.807) is 21.0 Å². The number of nitrogens with zero attached hydrogens (tertiary/aromatic N) is 2. The van der Waals surface area contributed by atoms with Gasteiger partial charge in [-0.15, -0.1) is 0 Å². The van der Waals surface area contributed by atoms with Gasteiger partial charge in [0.05, 0.1) is 28.5 Å². The van der Waals surface area contributed by atoms with Crippen LogP contribution in [0.4, 0.5) is 0 Å². The first-order valence-electron chi connectivity index (χ1n) is 7.12. The lowest BCUT2D eigenvalue weighted by molar-refractivity contribution is -0.125. The molecule has 0 aromatic rings. The number of nitrogens with one attached hydrogen (secondary N) is 2. The second-order valence-corrected chi connectivity index (χ2v) is 6.56. The van der Waals surface area contributed by atoms with Crippen LogP contribution < -0.4 is 10.6 Å². The first-order chi connectivity index (χ1) is 10.9.